The number of fused-ring (bicyclic) bond motifs is 1. The second-order valence-corrected chi connectivity index (χ2v) is 4.96. The van der Waals surface area contributed by atoms with Gasteiger partial charge in [-0.25, -0.2) is 0 Å². The number of aliphatic hydroxyl groups excluding tert-OH is 1. The van der Waals surface area contributed by atoms with Crippen LogP contribution in [0.25, 0.3) is 0 Å². The van der Waals surface area contributed by atoms with Crippen LogP contribution < -0.4 is 0 Å². The van der Waals surface area contributed by atoms with Crippen LogP contribution in [0.1, 0.15) is 23.7 Å². The number of nitrogens with zero attached hydrogens (tertiary/aromatic N) is 1. The van der Waals surface area contributed by atoms with E-state index >= 15 is 0 Å². The third kappa shape index (κ3) is 3.28. The molecular formula is C14H21NO2. The number of likely N-dealkylation sites (N-methyl/N-ethyl adjacent to an activating group) is 1. The Labute approximate surface area is 103 Å². The molecule has 0 spiro atoms. The molecular weight excluding hydrogens is 214 g/mol. The van der Waals surface area contributed by atoms with Crippen molar-refractivity contribution in [1.29, 1.82) is 0 Å². The summed E-state index contributed by atoms with van der Waals surface area (Å²) in [7, 11) is 3.94. The number of aliphatic hydroxyl groups is 1. The molecule has 2 atom stereocenters. The molecule has 1 aromatic carbocycles. The number of hydrogen-bond acceptors (Lipinski definition) is 3. The maximum atomic E-state index is 9.98. The van der Waals surface area contributed by atoms with E-state index in [2.05, 4.69) is 18.2 Å². The molecule has 0 radical (unpaired) electrons. The Kier molecular flexibility index (Phi) is 4.15. The average Bonchev–Trinajstić information content (AvgIpc) is 2.28. The van der Waals surface area contributed by atoms with Crippen LogP contribution in [0.3, 0.4) is 0 Å². The van der Waals surface area contributed by atoms with Crippen molar-refractivity contribution in [2.24, 2.45) is 0 Å². The first-order chi connectivity index (χ1) is 8.16. The first-order valence-electron chi connectivity index (χ1n) is 6.19. The van der Waals surface area contributed by atoms with Crippen LogP contribution in [0.2, 0.25) is 0 Å². The van der Waals surface area contributed by atoms with Crippen molar-refractivity contribution in [3.63, 3.8) is 0 Å². The molecule has 3 nitrogen and oxygen atoms in total. The smallest absolute Gasteiger partial charge is 0.0852 e. The van der Waals surface area contributed by atoms with Crippen LogP contribution in [-0.2, 0) is 11.2 Å². The second kappa shape index (κ2) is 5.63. The van der Waals surface area contributed by atoms with E-state index in [1.54, 1.807) is 0 Å². The van der Waals surface area contributed by atoms with Gasteiger partial charge in [-0.2, -0.15) is 0 Å². The lowest BCUT2D eigenvalue weighted by atomic mass is 9.94. The summed E-state index contributed by atoms with van der Waals surface area (Å²) in [6, 6.07) is 8.38. The van der Waals surface area contributed by atoms with E-state index in [4.69, 9.17) is 4.74 Å². The van der Waals surface area contributed by atoms with Gasteiger partial charge in [0.15, 0.2) is 0 Å². The molecule has 0 saturated carbocycles. The SMILES string of the molecule is CN(C)CC(O)CC1OCCc2ccccc21. The third-order valence-corrected chi connectivity index (χ3v) is 3.15. The first-order valence-corrected chi connectivity index (χ1v) is 6.19. The van der Waals surface area contributed by atoms with Crippen molar-refractivity contribution in [2.45, 2.75) is 25.0 Å². The van der Waals surface area contributed by atoms with Crippen molar-refractivity contribution in [1.82, 2.24) is 4.90 Å². The topological polar surface area (TPSA) is 32.7 Å². The van der Waals surface area contributed by atoms with E-state index < -0.39 is 0 Å². The average molecular weight is 235 g/mol. The summed E-state index contributed by atoms with van der Waals surface area (Å²) in [4.78, 5) is 2.00. The summed E-state index contributed by atoms with van der Waals surface area (Å²) in [5.74, 6) is 0. The van der Waals surface area contributed by atoms with Gasteiger partial charge in [0.25, 0.3) is 0 Å². The summed E-state index contributed by atoms with van der Waals surface area (Å²) in [5.41, 5.74) is 2.61. The Balaban J connectivity index is 2.03. The minimum atomic E-state index is -0.332. The van der Waals surface area contributed by atoms with Crippen LogP contribution in [0.4, 0.5) is 0 Å². The lowest BCUT2D eigenvalue weighted by Gasteiger charge is -2.28. The molecule has 1 aliphatic rings. The highest BCUT2D eigenvalue weighted by Crippen LogP contribution is 2.30. The van der Waals surface area contributed by atoms with Crippen molar-refractivity contribution < 1.29 is 9.84 Å². The molecule has 94 valence electrons. The van der Waals surface area contributed by atoms with Crippen LogP contribution in [0.15, 0.2) is 24.3 Å². The fourth-order valence-corrected chi connectivity index (χ4v) is 2.42. The van der Waals surface area contributed by atoms with Crippen LogP contribution >= 0.6 is 0 Å². The van der Waals surface area contributed by atoms with Gasteiger partial charge in [0.1, 0.15) is 0 Å². The first kappa shape index (κ1) is 12.6. The second-order valence-electron chi connectivity index (χ2n) is 4.96. The lowest BCUT2D eigenvalue weighted by molar-refractivity contribution is -0.000936. The molecule has 3 heteroatoms. The zero-order valence-corrected chi connectivity index (χ0v) is 10.6. The Bertz CT molecular complexity index is 365. The monoisotopic (exact) mass is 235 g/mol. The summed E-state index contributed by atoms with van der Waals surface area (Å²) in [5, 5.41) is 9.98. The van der Waals surface area contributed by atoms with Crippen molar-refractivity contribution in [3.05, 3.63) is 35.4 Å². The molecule has 0 fully saturated rings. The van der Waals surface area contributed by atoms with E-state index in [0.717, 1.165) is 13.0 Å². The molecule has 1 aromatic rings. The van der Waals surface area contributed by atoms with E-state index in [-0.39, 0.29) is 12.2 Å². The zero-order valence-electron chi connectivity index (χ0n) is 10.6. The van der Waals surface area contributed by atoms with Gasteiger partial charge >= 0.3 is 0 Å². The van der Waals surface area contributed by atoms with Gasteiger partial charge in [-0.1, -0.05) is 24.3 Å². The van der Waals surface area contributed by atoms with Crippen molar-refractivity contribution in [2.75, 3.05) is 27.2 Å². The molecule has 1 heterocycles. The minimum absolute atomic E-state index is 0.0508. The normalized spacial score (nSPS) is 21.3. The standard InChI is InChI=1S/C14H21NO2/c1-15(2)10-12(16)9-14-13-6-4-3-5-11(13)7-8-17-14/h3-6,12,14,16H,7-10H2,1-2H3. The number of ether oxygens (including phenoxy) is 1. The Morgan fingerprint density at radius 1 is 1.41 bits per heavy atom. The predicted molar refractivity (Wildman–Crippen MR) is 68.0 cm³/mol. The van der Waals surface area contributed by atoms with Gasteiger partial charge in [0.2, 0.25) is 0 Å². The molecule has 2 rings (SSSR count). The van der Waals surface area contributed by atoms with E-state index in [1.807, 2.05) is 25.1 Å². The molecule has 17 heavy (non-hydrogen) atoms. The van der Waals surface area contributed by atoms with Gasteiger partial charge in [-0.3, -0.25) is 0 Å². The largest absolute Gasteiger partial charge is 0.392 e. The molecule has 0 saturated heterocycles. The molecule has 0 aliphatic carbocycles. The maximum Gasteiger partial charge on any atom is 0.0852 e. The fraction of sp³-hybridized carbons (Fsp3) is 0.571. The highest BCUT2D eigenvalue weighted by molar-refractivity contribution is 5.30. The highest BCUT2D eigenvalue weighted by Gasteiger charge is 2.23. The number of benzene rings is 1. The van der Waals surface area contributed by atoms with Crippen LogP contribution in [-0.4, -0.2) is 43.4 Å². The van der Waals surface area contributed by atoms with E-state index in [1.165, 1.54) is 11.1 Å². The highest BCUT2D eigenvalue weighted by atomic mass is 16.5. The Hall–Kier alpha value is -0.900. The lowest BCUT2D eigenvalue weighted by Crippen LogP contribution is -2.29. The van der Waals surface area contributed by atoms with Gasteiger partial charge in [0.05, 0.1) is 18.8 Å². The van der Waals surface area contributed by atoms with Gasteiger partial charge in [0, 0.05) is 13.0 Å². The molecule has 0 amide bonds. The number of hydrogen-bond donors (Lipinski definition) is 1. The van der Waals surface area contributed by atoms with Gasteiger partial charge in [-0.05, 0) is 31.6 Å². The molecule has 1 aliphatic heterocycles. The summed E-state index contributed by atoms with van der Waals surface area (Å²) >= 11 is 0. The van der Waals surface area contributed by atoms with Crippen LogP contribution in [0, 0.1) is 0 Å². The maximum absolute atomic E-state index is 9.98. The molecule has 0 bridgehead atoms. The fourth-order valence-electron chi connectivity index (χ4n) is 2.42. The van der Waals surface area contributed by atoms with Crippen LogP contribution in [0.5, 0.6) is 0 Å². The Morgan fingerprint density at radius 2 is 2.18 bits per heavy atom. The third-order valence-electron chi connectivity index (χ3n) is 3.15. The summed E-state index contributed by atoms with van der Waals surface area (Å²) in [6.45, 7) is 1.44. The summed E-state index contributed by atoms with van der Waals surface area (Å²) in [6.07, 6.45) is 1.38. The quantitative estimate of drug-likeness (QED) is 0.860. The summed E-state index contributed by atoms with van der Waals surface area (Å²) < 4.78 is 5.78. The van der Waals surface area contributed by atoms with Crippen molar-refractivity contribution in [3.8, 4) is 0 Å². The Morgan fingerprint density at radius 3 is 2.94 bits per heavy atom. The van der Waals surface area contributed by atoms with Gasteiger partial charge < -0.3 is 14.7 Å². The molecule has 0 aromatic heterocycles. The van der Waals surface area contributed by atoms with Crippen molar-refractivity contribution >= 4 is 0 Å². The number of rotatable bonds is 4. The molecule has 2 unspecified atom stereocenters. The van der Waals surface area contributed by atoms with E-state index in [0.29, 0.717) is 13.0 Å². The molecule has 1 N–H and O–H groups in total. The zero-order chi connectivity index (χ0) is 12.3. The minimum Gasteiger partial charge on any atom is -0.392 e. The van der Waals surface area contributed by atoms with E-state index in [9.17, 15) is 5.11 Å². The van der Waals surface area contributed by atoms with Gasteiger partial charge in [-0.15, -0.1) is 0 Å². The predicted octanol–water partition coefficient (Wildman–Crippen LogP) is 1.61.